The number of ether oxygens (including phenoxy) is 1. The van der Waals surface area contributed by atoms with E-state index in [4.69, 9.17) is 9.84 Å². The van der Waals surface area contributed by atoms with Gasteiger partial charge < -0.3 is 20.5 Å². The molecule has 6 nitrogen and oxygen atoms in total. The summed E-state index contributed by atoms with van der Waals surface area (Å²) in [4.78, 5) is 21.9. The number of urea groups is 1. The van der Waals surface area contributed by atoms with E-state index in [2.05, 4.69) is 10.6 Å². The van der Waals surface area contributed by atoms with Crippen molar-refractivity contribution in [1.82, 2.24) is 5.32 Å². The van der Waals surface area contributed by atoms with Crippen molar-refractivity contribution in [3.05, 3.63) is 24.3 Å². The van der Waals surface area contributed by atoms with Crippen LogP contribution in [0.2, 0.25) is 0 Å². The molecule has 0 radical (unpaired) electrons. The van der Waals surface area contributed by atoms with E-state index in [0.717, 1.165) is 0 Å². The average molecular weight is 298 g/mol. The Bertz CT molecular complexity index is 450. The van der Waals surface area contributed by atoms with Crippen molar-refractivity contribution in [3.8, 4) is 5.75 Å². The van der Waals surface area contributed by atoms with E-state index in [1.54, 1.807) is 36.0 Å². The lowest BCUT2D eigenvalue weighted by Crippen LogP contribution is -2.33. The van der Waals surface area contributed by atoms with Gasteiger partial charge in [0.05, 0.1) is 0 Å². The molecule has 0 aliphatic rings. The summed E-state index contributed by atoms with van der Waals surface area (Å²) < 4.78 is 4.99. The molecular formula is C13H18N2O4S. The molecule has 0 aliphatic carbocycles. The zero-order valence-electron chi connectivity index (χ0n) is 11.4. The van der Waals surface area contributed by atoms with Crippen LogP contribution in [0.5, 0.6) is 5.75 Å². The number of carboxylic acid groups (broad SMARTS) is 1. The molecule has 1 aromatic carbocycles. The lowest BCUT2D eigenvalue weighted by molar-refractivity contribution is -0.139. The Balaban J connectivity index is 2.40. The molecule has 0 aliphatic heterocycles. The maximum Gasteiger partial charge on any atom is 0.341 e. The monoisotopic (exact) mass is 298 g/mol. The van der Waals surface area contributed by atoms with Gasteiger partial charge in [0.15, 0.2) is 6.61 Å². The minimum absolute atomic E-state index is 0.273. The number of carbonyl (C=O) groups is 2. The van der Waals surface area contributed by atoms with Crippen molar-refractivity contribution in [2.75, 3.05) is 24.7 Å². The van der Waals surface area contributed by atoms with Crippen LogP contribution in [0, 0.1) is 0 Å². The summed E-state index contributed by atoms with van der Waals surface area (Å²) >= 11 is 1.68. The zero-order chi connectivity index (χ0) is 15.0. The van der Waals surface area contributed by atoms with Crippen molar-refractivity contribution >= 4 is 29.4 Å². The predicted octanol–water partition coefficient (Wildman–Crippen LogP) is 2.02. The van der Waals surface area contributed by atoms with Crippen LogP contribution in [0.15, 0.2) is 24.3 Å². The Morgan fingerprint density at radius 3 is 2.55 bits per heavy atom. The fourth-order valence-electron chi connectivity index (χ4n) is 1.27. The van der Waals surface area contributed by atoms with E-state index in [-0.39, 0.29) is 12.6 Å². The van der Waals surface area contributed by atoms with Gasteiger partial charge in [-0.1, -0.05) is 6.92 Å². The molecule has 1 rings (SSSR count). The second kappa shape index (κ2) is 8.31. The van der Waals surface area contributed by atoms with E-state index in [1.807, 2.05) is 13.2 Å². The number of nitrogens with one attached hydrogen (secondary N) is 2. The summed E-state index contributed by atoms with van der Waals surface area (Å²) in [6.07, 6.45) is 1.99. The van der Waals surface area contributed by atoms with Gasteiger partial charge in [-0.15, -0.1) is 0 Å². The molecule has 0 fully saturated rings. The van der Waals surface area contributed by atoms with Crippen molar-refractivity contribution in [3.63, 3.8) is 0 Å². The number of carbonyl (C=O) groups excluding carboxylic acids is 1. The van der Waals surface area contributed by atoms with Gasteiger partial charge in [-0.3, -0.25) is 0 Å². The Hall–Kier alpha value is -1.89. The number of anilines is 1. The molecule has 1 atom stereocenters. The largest absolute Gasteiger partial charge is 0.482 e. The van der Waals surface area contributed by atoms with E-state index in [1.165, 1.54) is 0 Å². The van der Waals surface area contributed by atoms with E-state index < -0.39 is 5.97 Å². The first-order valence-corrected chi connectivity index (χ1v) is 7.32. The Labute approximate surface area is 121 Å². The van der Waals surface area contributed by atoms with E-state index in [9.17, 15) is 9.59 Å². The van der Waals surface area contributed by atoms with Crippen LogP contribution in [0.4, 0.5) is 10.5 Å². The summed E-state index contributed by atoms with van der Waals surface area (Å²) in [5, 5.41) is 14.3. The molecule has 0 saturated carbocycles. The lowest BCUT2D eigenvalue weighted by Gasteiger charge is -2.11. The molecule has 0 saturated heterocycles. The third-order valence-electron chi connectivity index (χ3n) is 2.43. The third kappa shape index (κ3) is 6.33. The third-order valence-corrected chi connectivity index (χ3v) is 3.40. The number of carboxylic acids is 1. The maximum atomic E-state index is 11.6. The Morgan fingerprint density at radius 1 is 1.35 bits per heavy atom. The number of thioether (sulfide) groups is 1. The van der Waals surface area contributed by atoms with E-state index >= 15 is 0 Å². The number of hydrogen-bond donors (Lipinski definition) is 3. The quantitative estimate of drug-likeness (QED) is 0.717. The molecule has 0 aromatic heterocycles. The van der Waals surface area contributed by atoms with Gasteiger partial charge in [-0.05, 0) is 30.5 Å². The van der Waals surface area contributed by atoms with Gasteiger partial charge in [0.2, 0.25) is 0 Å². The van der Waals surface area contributed by atoms with Gasteiger partial charge in [0, 0.05) is 17.5 Å². The topological polar surface area (TPSA) is 87.7 Å². The summed E-state index contributed by atoms with van der Waals surface area (Å²) in [6.45, 7) is 2.23. The smallest absolute Gasteiger partial charge is 0.341 e. The van der Waals surface area contributed by atoms with Gasteiger partial charge in [-0.2, -0.15) is 11.8 Å². The molecular weight excluding hydrogens is 280 g/mol. The van der Waals surface area contributed by atoms with Crippen LogP contribution >= 0.6 is 11.8 Å². The second-order valence-corrected chi connectivity index (χ2v) is 5.36. The van der Waals surface area contributed by atoms with Crippen molar-refractivity contribution in [1.29, 1.82) is 0 Å². The van der Waals surface area contributed by atoms with Crippen LogP contribution in [0.1, 0.15) is 6.92 Å². The van der Waals surface area contributed by atoms with Crippen LogP contribution < -0.4 is 15.4 Å². The fraction of sp³-hybridized carbons (Fsp3) is 0.385. The average Bonchev–Trinajstić information content (AvgIpc) is 2.44. The minimum atomic E-state index is -1.03. The first-order chi connectivity index (χ1) is 9.51. The summed E-state index contributed by atoms with van der Waals surface area (Å²) in [6, 6.07) is 6.22. The van der Waals surface area contributed by atoms with Crippen LogP contribution in [-0.4, -0.2) is 41.8 Å². The maximum absolute atomic E-state index is 11.6. The number of hydrogen-bond acceptors (Lipinski definition) is 4. The first-order valence-electron chi connectivity index (χ1n) is 6.03. The van der Waals surface area contributed by atoms with Crippen LogP contribution in [0.25, 0.3) is 0 Å². The number of aliphatic carboxylic acids is 1. The van der Waals surface area contributed by atoms with E-state index in [0.29, 0.717) is 23.2 Å². The standard InChI is InChI=1S/C13H18N2O4S/c1-9(20-2)7-14-13(18)15-10-3-5-11(6-4-10)19-8-12(16)17/h3-6,9H,7-8H2,1-2H3,(H,16,17)(H2,14,15,18). The molecule has 110 valence electrons. The molecule has 2 amide bonds. The number of amides is 2. The lowest BCUT2D eigenvalue weighted by atomic mass is 10.3. The van der Waals surface area contributed by atoms with Crippen LogP contribution in [0.3, 0.4) is 0 Å². The second-order valence-electron chi connectivity index (χ2n) is 4.09. The first kappa shape index (κ1) is 16.2. The number of benzene rings is 1. The van der Waals surface area contributed by atoms with Gasteiger partial charge in [0.25, 0.3) is 0 Å². The molecule has 3 N–H and O–H groups in total. The van der Waals surface area contributed by atoms with Crippen molar-refractivity contribution < 1.29 is 19.4 Å². The minimum Gasteiger partial charge on any atom is -0.482 e. The summed E-state index contributed by atoms with van der Waals surface area (Å²) in [5.41, 5.74) is 0.613. The number of rotatable bonds is 7. The molecule has 0 spiro atoms. The summed E-state index contributed by atoms with van der Waals surface area (Å²) in [5.74, 6) is -0.594. The Morgan fingerprint density at radius 2 is 2.00 bits per heavy atom. The fourth-order valence-corrected chi connectivity index (χ4v) is 1.52. The highest BCUT2D eigenvalue weighted by molar-refractivity contribution is 7.99. The van der Waals surface area contributed by atoms with Gasteiger partial charge >= 0.3 is 12.0 Å². The Kier molecular flexibility index (Phi) is 6.72. The normalized spacial score (nSPS) is 11.5. The highest BCUT2D eigenvalue weighted by Crippen LogP contribution is 2.15. The molecule has 0 bridgehead atoms. The summed E-state index contributed by atoms with van der Waals surface area (Å²) in [7, 11) is 0. The SMILES string of the molecule is CSC(C)CNC(=O)Nc1ccc(OCC(=O)O)cc1. The highest BCUT2D eigenvalue weighted by atomic mass is 32.2. The van der Waals surface area contributed by atoms with Gasteiger partial charge in [-0.25, -0.2) is 9.59 Å². The molecule has 7 heteroatoms. The highest BCUT2D eigenvalue weighted by Gasteiger charge is 2.05. The van der Waals surface area contributed by atoms with Crippen LogP contribution in [-0.2, 0) is 4.79 Å². The molecule has 0 heterocycles. The van der Waals surface area contributed by atoms with Crippen molar-refractivity contribution in [2.24, 2.45) is 0 Å². The predicted molar refractivity (Wildman–Crippen MR) is 79.6 cm³/mol. The molecule has 20 heavy (non-hydrogen) atoms. The molecule has 1 unspecified atom stereocenters. The van der Waals surface area contributed by atoms with Gasteiger partial charge in [0.1, 0.15) is 5.75 Å². The zero-order valence-corrected chi connectivity index (χ0v) is 12.2. The molecule has 1 aromatic rings. The van der Waals surface area contributed by atoms with Crippen molar-refractivity contribution in [2.45, 2.75) is 12.2 Å².